The number of hydrogen-bond acceptors (Lipinski definition) is 2. The zero-order chi connectivity index (χ0) is 13.2. The van der Waals surface area contributed by atoms with Crippen molar-refractivity contribution in [2.45, 2.75) is 32.2 Å². The molecule has 0 saturated heterocycles. The molecule has 1 aliphatic carbocycles. The molecule has 1 atom stereocenters. The van der Waals surface area contributed by atoms with E-state index in [4.69, 9.17) is 5.73 Å². The van der Waals surface area contributed by atoms with Crippen LogP contribution in [0.5, 0.6) is 0 Å². The molecule has 0 spiro atoms. The van der Waals surface area contributed by atoms with E-state index < -0.39 is 0 Å². The molecule has 1 saturated carbocycles. The van der Waals surface area contributed by atoms with E-state index in [1.165, 1.54) is 0 Å². The standard InChI is InChI=1S/C14H19BrN2O/c1-10(11-3-5-12(15)6-4-11)17-13(18)14(9-16)7-2-8-14/h3-6,10H,2,7-9,16H2,1H3,(H,17,18). The number of carbonyl (C=O) groups is 1. The molecule has 1 fully saturated rings. The maximum atomic E-state index is 12.2. The predicted octanol–water partition coefficient (Wildman–Crippen LogP) is 2.76. The number of benzene rings is 1. The van der Waals surface area contributed by atoms with E-state index in [1.54, 1.807) is 0 Å². The zero-order valence-electron chi connectivity index (χ0n) is 10.6. The van der Waals surface area contributed by atoms with Crippen LogP contribution in [-0.4, -0.2) is 12.5 Å². The lowest BCUT2D eigenvalue weighted by Crippen LogP contribution is -2.50. The Morgan fingerprint density at radius 2 is 2.06 bits per heavy atom. The molecule has 0 aliphatic heterocycles. The summed E-state index contributed by atoms with van der Waals surface area (Å²) < 4.78 is 1.04. The van der Waals surface area contributed by atoms with E-state index in [0.29, 0.717) is 6.54 Å². The molecule has 4 heteroatoms. The molecule has 3 N–H and O–H groups in total. The summed E-state index contributed by atoms with van der Waals surface area (Å²) in [6.45, 7) is 2.45. The van der Waals surface area contributed by atoms with Crippen molar-refractivity contribution in [1.82, 2.24) is 5.32 Å². The number of carbonyl (C=O) groups excluding carboxylic acids is 1. The Bertz CT molecular complexity index is 420. The highest BCUT2D eigenvalue weighted by atomic mass is 79.9. The summed E-state index contributed by atoms with van der Waals surface area (Å²) in [5.41, 5.74) is 6.54. The van der Waals surface area contributed by atoms with E-state index in [0.717, 1.165) is 29.3 Å². The molecule has 1 aromatic carbocycles. The summed E-state index contributed by atoms with van der Waals surface area (Å²) in [4.78, 5) is 12.2. The lowest BCUT2D eigenvalue weighted by Gasteiger charge is -2.39. The molecule has 1 amide bonds. The summed E-state index contributed by atoms with van der Waals surface area (Å²) >= 11 is 3.40. The minimum Gasteiger partial charge on any atom is -0.349 e. The van der Waals surface area contributed by atoms with Gasteiger partial charge in [-0.25, -0.2) is 0 Å². The quantitative estimate of drug-likeness (QED) is 0.898. The highest BCUT2D eigenvalue weighted by Crippen LogP contribution is 2.40. The fourth-order valence-electron chi connectivity index (χ4n) is 2.31. The number of nitrogens with two attached hydrogens (primary N) is 1. The van der Waals surface area contributed by atoms with Gasteiger partial charge in [-0.05, 0) is 37.5 Å². The maximum absolute atomic E-state index is 12.2. The van der Waals surface area contributed by atoms with Gasteiger partial charge in [0.2, 0.25) is 5.91 Å². The maximum Gasteiger partial charge on any atom is 0.227 e. The smallest absolute Gasteiger partial charge is 0.227 e. The van der Waals surface area contributed by atoms with Gasteiger partial charge in [-0.15, -0.1) is 0 Å². The fourth-order valence-corrected chi connectivity index (χ4v) is 2.58. The fraction of sp³-hybridized carbons (Fsp3) is 0.500. The summed E-state index contributed by atoms with van der Waals surface area (Å²) in [6.07, 6.45) is 2.95. The first kappa shape index (κ1) is 13.6. The van der Waals surface area contributed by atoms with Crippen LogP contribution in [0, 0.1) is 5.41 Å². The molecule has 0 bridgehead atoms. The van der Waals surface area contributed by atoms with Gasteiger partial charge in [-0.1, -0.05) is 34.5 Å². The third-order valence-corrected chi connectivity index (χ3v) is 4.43. The normalized spacial score (nSPS) is 18.8. The van der Waals surface area contributed by atoms with Crippen LogP contribution in [0.1, 0.15) is 37.8 Å². The molecule has 3 nitrogen and oxygen atoms in total. The van der Waals surface area contributed by atoms with E-state index >= 15 is 0 Å². The first-order chi connectivity index (χ1) is 8.57. The molecule has 2 rings (SSSR count). The highest BCUT2D eigenvalue weighted by Gasteiger charge is 2.43. The molecule has 1 aromatic rings. The van der Waals surface area contributed by atoms with Gasteiger partial charge in [0.1, 0.15) is 0 Å². The Morgan fingerprint density at radius 3 is 2.50 bits per heavy atom. The first-order valence-corrected chi connectivity index (χ1v) is 7.13. The van der Waals surface area contributed by atoms with Gasteiger partial charge in [0.25, 0.3) is 0 Å². The van der Waals surface area contributed by atoms with Crippen molar-refractivity contribution in [3.8, 4) is 0 Å². The van der Waals surface area contributed by atoms with E-state index in [2.05, 4.69) is 21.2 Å². The largest absolute Gasteiger partial charge is 0.349 e. The first-order valence-electron chi connectivity index (χ1n) is 6.34. The second-order valence-corrected chi connectivity index (χ2v) is 6.00. The van der Waals surface area contributed by atoms with Crippen molar-refractivity contribution < 1.29 is 4.79 Å². The Kier molecular flexibility index (Phi) is 4.07. The third kappa shape index (κ3) is 2.59. The average molecular weight is 311 g/mol. The van der Waals surface area contributed by atoms with Gasteiger partial charge < -0.3 is 11.1 Å². The van der Waals surface area contributed by atoms with Crippen LogP contribution in [0.4, 0.5) is 0 Å². The number of rotatable bonds is 4. The summed E-state index contributed by atoms with van der Waals surface area (Å²) in [5.74, 6) is 0.103. The minimum atomic E-state index is -0.302. The Labute approximate surface area is 116 Å². The Balaban J connectivity index is 2.01. The number of amides is 1. The van der Waals surface area contributed by atoms with Crippen molar-refractivity contribution in [2.24, 2.45) is 11.1 Å². The Hall–Kier alpha value is -0.870. The molecule has 98 valence electrons. The molecule has 0 heterocycles. The molecular formula is C14H19BrN2O. The van der Waals surface area contributed by atoms with Crippen LogP contribution < -0.4 is 11.1 Å². The molecule has 0 aromatic heterocycles. The SMILES string of the molecule is CC(NC(=O)C1(CN)CCC1)c1ccc(Br)cc1. The predicted molar refractivity (Wildman–Crippen MR) is 76.0 cm³/mol. The van der Waals surface area contributed by atoms with Gasteiger partial charge in [-0.2, -0.15) is 0 Å². The minimum absolute atomic E-state index is 0.0228. The van der Waals surface area contributed by atoms with Crippen LogP contribution in [-0.2, 0) is 4.79 Å². The molecule has 18 heavy (non-hydrogen) atoms. The monoisotopic (exact) mass is 310 g/mol. The van der Waals surface area contributed by atoms with E-state index in [-0.39, 0.29) is 17.4 Å². The van der Waals surface area contributed by atoms with Crippen LogP contribution >= 0.6 is 15.9 Å². The number of halogens is 1. The molecule has 1 unspecified atom stereocenters. The summed E-state index contributed by atoms with van der Waals surface area (Å²) in [7, 11) is 0. The second-order valence-electron chi connectivity index (χ2n) is 5.08. The lowest BCUT2D eigenvalue weighted by atomic mass is 9.68. The zero-order valence-corrected chi connectivity index (χ0v) is 12.2. The van der Waals surface area contributed by atoms with Crippen LogP contribution in [0.15, 0.2) is 28.7 Å². The topological polar surface area (TPSA) is 55.1 Å². The van der Waals surface area contributed by atoms with Crippen LogP contribution in [0.2, 0.25) is 0 Å². The van der Waals surface area contributed by atoms with Gasteiger partial charge in [-0.3, -0.25) is 4.79 Å². The second kappa shape index (κ2) is 5.41. The third-order valence-electron chi connectivity index (χ3n) is 3.90. The lowest BCUT2D eigenvalue weighted by molar-refractivity contribution is -0.135. The average Bonchev–Trinajstić information content (AvgIpc) is 2.29. The molecular weight excluding hydrogens is 292 g/mol. The van der Waals surface area contributed by atoms with Crippen molar-refractivity contribution in [3.63, 3.8) is 0 Å². The number of nitrogens with one attached hydrogen (secondary N) is 1. The van der Waals surface area contributed by atoms with Crippen LogP contribution in [0.3, 0.4) is 0 Å². The summed E-state index contributed by atoms with van der Waals surface area (Å²) in [6, 6.07) is 8.03. The Morgan fingerprint density at radius 1 is 1.44 bits per heavy atom. The molecule has 0 radical (unpaired) electrons. The van der Waals surface area contributed by atoms with Gasteiger partial charge >= 0.3 is 0 Å². The van der Waals surface area contributed by atoms with E-state index in [1.807, 2.05) is 31.2 Å². The van der Waals surface area contributed by atoms with Crippen molar-refractivity contribution in [3.05, 3.63) is 34.3 Å². The summed E-state index contributed by atoms with van der Waals surface area (Å²) in [5, 5.41) is 3.08. The van der Waals surface area contributed by atoms with Gasteiger partial charge in [0, 0.05) is 11.0 Å². The van der Waals surface area contributed by atoms with Crippen molar-refractivity contribution in [2.75, 3.05) is 6.54 Å². The van der Waals surface area contributed by atoms with Gasteiger partial charge in [0.15, 0.2) is 0 Å². The highest BCUT2D eigenvalue weighted by molar-refractivity contribution is 9.10. The van der Waals surface area contributed by atoms with E-state index in [9.17, 15) is 4.79 Å². The van der Waals surface area contributed by atoms with Crippen molar-refractivity contribution in [1.29, 1.82) is 0 Å². The van der Waals surface area contributed by atoms with Crippen LogP contribution in [0.25, 0.3) is 0 Å². The van der Waals surface area contributed by atoms with Gasteiger partial charge in [0.05, 0.1) is 11.5 Å². The molecule has 1 aliphatic rings. The number of hydrogen-bond donors (Lipinski definition) is 2. The van der Waals surface area contributed by atoms with Crippen molar-refractivity contribution >= 4 is 21.8 Å².